The van der Waals surface area contributed by atoms with E-state index in [2.05, 4.69) is 40.9 Å². The van der Waals surface area contributed by atoms with Crippen molar-refractivity contribution >= 4 is 21.8 Å². The Morgan fingerprint density at radius 2 is 2.12 bits per heavy atom. The van der Waals surface area contributed by atoms with Crippen molar-refractivity contribution in [2.45, 2.75) is 52.6 Å². The molecule has 24 heavy (non-hydrogen) atoms. The number of benzene rings is 1. The van der Waals surface area contributed by atoms with Gasteiger partial charge in [-0.1, -0.05) is 12.1 Å². The third-order valence-corrected chi connectivity index (χ3v) is 6.01. The molecule has 0 spiro atoms. The van der Waals surface area contributed by atoms with Gasteiger partial charge in [0, 0.05) is 18.2 Å². The molecule has 3 rings (SSSR count). The van der Waals surface area contributed by atoms with Crippen LogP contribution in [0.5, 0.6) is 0 Å². The van der Waals surface area contributed by atoms with Crippen LogP contribution in [-0.2, 0) is 6.54 Å². The molecule has 0 aliphatic carbocycles. The van der Waals surface area contributed by atoms with Gasteiger partial charge in [-0.3, -0.25) is 9.48 Å². The van der Waals surface area contributed by atoms with Crippen LogP contribution >= 0.6 is 15.9 Å². The number of hydrogen-bond acceptors (Lipinski definition) is 2. The lowest BCUT2D eigenvalue weighted by atomic mass is 10.0. The van der Waals surface area contributed by atoms with Gasteiger partial charge in [-0.2, -0.15) is 5.10 Å². The van der Waals surface area contributed by atoms with E-state index in [4.69, 9.17) is 0 Å². The van der Waals surface area contributed by atoms with E-state index in [-0.39, 0.29) is 5.91 Å². The minimum Gasteiger partial charge on any atom is -0.336 e. The van der Waals surface area contributed by atoms with Crippen molar-refractivity contribution in [3.63, 3.8) is 0 Å². The maximum atomic E-state index is 12.8. The van der Waals surface area contributed by atoms with E-state index in [0.717, 1.165) is 46.4 Å². The minimum atomic E-state index is 0.151. The zero-order valence-electron chi connectivity index (χ0n) is 14.6. The van der Waals surface area contributed by atoms with Crippen molar-refractivity contribution in [1.29, 1.82) is 0 Å². The number of carbonyl (C=O) groups excluding carboxylic acids is 1. The molecule has 1 amide bonds. The molecule has 2 heterocycles. The van der Waals surface area contributed by atoms with Crippen molar-refractivity contribution in [3.05, 3.63) is 51.3 Å². The third kappa shape index (κ3) is 3.41. The van der Waals surface area contributed by atoms with Crippen molar-refractivity contribution in [3.8, 4) is 0 Å². The highest BCUT2D eigenvalue weighted by molar-refractivity contribution is 9.10. The Bertz CT molecular complexity index is 753. The molecule has 128 valence electrons. The van der Waals surface area contributed by atoms with Gasteiger partial charge < -0.3 is 4.90 Å². The van der Waals surface area contributed by atoms with E-state index in [1.165, 1.54) is 6.42 Å². The quantitative estimate of drug-likeness (QED) is 0.783. The Kier molecular flexibility index (Phi) is 5.09. The van der Waals surface area contributed by atoms with Gasteiger partial charge in [0.25, 0.3) is 5.91 Å². The van der Waals surface area contributed by atoms with Crippen LogP contribution < -0.4 is 0 Å². The van der Waals surface area contributed by atoms with Crippen molar-refractivity contribution < 1.29 is 4.79 Å². The molecular formula is C19H24BrN3O. The maximum Gasteiger partial charge on any atom is 0.254 e. The lowest BCUT2D eigenvalue weighted by molar-refractivity contribution is 0.0635. The average Bonchev–Trinajstić information content (AvgIpc) is 2.82. The first-order valence-corrected chi connectivity index (χ1v) is 9.36. The number of aromatic nitrogens is 2. The first-order valence-electron chi connectivity index (χ1n) is 8.57. The van der Waals surface area contributed by atoms with Crippen LogP contribution in [0.1, 0.15) is 53.5 Å². The number of amides is 1. The lowest BCUT2D eigenvalue weighted by Crippen LogP contribution is -2.42. The second kappa shape index (κ2) is 7.09. The van der Waals surface area contributed by atoms with Crippen molar-refractivity contribution in [1.82, 2.24) is 14.7 Å². The molecule has 1 saturated heterocycles. The predicted octanol–water partition coefficient (Wildman–Crippen LogP) is 4.33. The van der Waals surface area contributed by atoms with E-state index in [1.54, 1.807) is 0 Å². The number of nitrogens with zero attached hydrogens (tertiary/aromatic N) is 3. The Hall–Kier alpha value is -1.62. The van der Waals surface area contributed by atoms with Gasteiger partial charge in [0.15, 0.2) is 0 Å². The topological polar surface area (TPSA) is 38.1 Å². The fraction of sp³-hybridized carbons (Fsp3) is 0.474. The Balaban J connectivity index is 1.81. The van der Waals surface area contributed by atoms with Crippen LogP contribution in [0.15, 0.2) is 28.7 Å². The molecule has 0 saturated carbocycles. The molecule has 0 bridgehead atoms. The number of likely N-dealkylation sites (tertiary alicyclic amines) is 1. The summed E-state index contributed by atoms with van der Waals surface area (Å²) in [5, 5.41) is 4.56. The van der Waals surface area contributed by atoms with Crippen molar-refractivity contribution in [2.24, 2.45) is 0 Å². The molecule has 5 heteroatoms. The summed E-state index contributed by atoms with van der Waals surface area (Å²) in [6.07, 6.45) is 3.43. The van der Waals surface area contributed by atoms with Crippen LogP contribution in [0.3, 0.4) is 0 Å². The maximum absolute atomic E-state index is 12.8. The number of carbonyl (C=O) groups is 1. The van der Waals surface area contributed by atoms with E-state index in [1.807, 2.05) is 34.7 Å². The highest BCUT2D eigenvalue weighted by atomic mass is 79.9. The molecule has 1 aliphatic heterocycles. The monoisotopic (exact) mass is 389 g/mol. The molecule has 4 nitrogen and oxygen atoms in total. The van der Waals surface area contributed by atoms with Gasteiger partial charge in [-0.05, 0) is 73.7 Å². The first-order chi connectivity index (χ1) is 11.5. The summed E-state index contributed by atoms with van der Waals surface area (Å²) in [6, 6.07) is 8.29. The Morgan fingerprint density at radius 3 is 2.79 bits per heavy atom. The summed E-state index contributed by atoms with van der Waals surface area (Å²) in [5.74, 6) is 0.151. The lowest BCUT2D eigenvalue weighted by Gasteiger charge is -2.33. The van der Waals surface area contributed by atoms with Crippen LogP contribution in [0.4, 0.5) is 0 Å². The number of piperidine rings is 1. The van der Waals surface area contributed by atoms with Crippen LogP contribution in [0.2, 0.25) is 0 Å². The fourth-order valence-electron chi connectivity index (χ4n) is 3.37. The summed E-state index contributed by atoms with van der Waals surface area (Å²) >= 11 is 3.57. The number of hydrogen-bond donors (Lipinski definition) is 0. The van der Waals surface area contributed by atoms with Crippen LogP contribution in [0, 0.1) is 13.8 Å². The first kappa shape index (κ1) is 17.2. The molecule has 0 unspecified atom stereocenters. The van der Waals surface area contributed by atoms with Gasteiger partial charge in [-0.15, -0.1) is 0 Å². The standard InChI is InChI=1S/C19H24BrN3O/c1-13-7-4-5-10-22(13)19(24)17-9-6-8-16(11-17)12-23-15(3)18(20)14(2)21-23/h6,8-9,11,13H,4-5,7,10,12H2,1-3H3/t13-/m1/s1. The smallest absolute Gasteiger partial charge is 0.254 e. The minimum absolute atomic E-state index is 0.151. The van der Waals surface area contributed by atoms with E-state index in [9.17, 15) is 4.79 Å². The largest absolute Gasteiger partial charge is 0.336 e. The Morgan fingerprint density at radius 1 is 1.33 bits per heavy atom. The molecular weight excluding hydrogens is 366 g/mol. The average molecular weight is 390 g/mol. The van der Waals surface area contributed by atoms with E-state index >= 15 is 0 Å². The highest BCUT2D eigenvalue weighted by Crippen LogP contribution is 2.22. The second-order valence-electron chi connectivity index (χ2n) is 6.69. The zero-order valence-corrected chi connectivity index (χ0v) is 16.1. The van der Waals surface area contributed by atoms with Crippen LogP contribution in [0.25, 0.3) is 0 Å². The normalized spacial score (nSPS) is 18.0. The number of halogens is 1. The number of aryl methyl sites for hydroxylation is 1. The second-order valence-corrected chi connectivity index (χ2v) is 7.48. The van der Waals surface area contributed by atoms with Gasteiger partial charge in [0.1, 0.15) is 0 Å². The summed E-state index contributed by atoms with van der Waals surface area (Å²) < 4.78 is 3.03. The van der Waals surface area contributed by atoms with E-state index < -0.39 is 0 Å². The van der Waals surface area contributed by atoms with E-state index in [0.29, 0.717) is 12.6 Å². The molecule has 1 aromatic heterocycles. The van der Waals surface area contributed by atoms with Gasteiger partial charge in [-0.25, -0.2) is 0 Å². The summed E-state index contributed by atoms with van der Waals surface area (Å²) in [5.41, 5.74) is 3.97. The molecule has 1 fully saturated rings. The molecule has 1 aliphatic rings. The summed E-state index contributed by atoms with van der Waals surface area (Å²) in [7, 11) is 0. The highest BCUT2D eigenvalue weighted by Gasteiger charge is 2.24. The van der Waals surface area contributed by atoms with Crippen LogP contribution in [-0.4, -0.2) is 33.2 Å². The molecule has 0 N–H and O–H groups in total. The van der Waals surface area contributed by atoms with Gasteiger partial charge in [0.2, 0.25) is 0 Å². The van der Waals surface area contributed by atoms with Gasteiger partial charge in [0.05, 0.1) is 22.4 Å². The van der Waals surface area contributed by atoms with Gasteiger partial charge >= 0.3 is 0 Å². The molecule has 2 aromatic rings. The molecule has 1 aromatic carbocycles. The summed E-state index contributed by atoms with van der Waals surface area (Å²) in [6.45, 7) is 7.73. The SMILES string of the molecule is Cc1nn(Cc2cccc(C(=O)N3CCCC[C@H]3C)c2)c(C)c1Br. The molecule has 1 atom stereocenters. The van der Waals surface area contributed by atoms with Crippen molar-refractivity contribution in [2.75, 3.05) is 6.54 Å². The number of rotatable bonds is 3. The fourth-order valence-corrected chi connectivity index (χ4v) is 3.65. The predicted molar refractivity (Wildman–Crippen MR) is 99.3 cm³/mol. The Labute approximate surface area is 152 Å². The third-order valence-electron chi connectivity index (χ3n) is 4.86. The summed E-state index contributed by atoms with van der Waals surface area (Å²) in [4.78, 5) is 14.9. The molecule has 0 radical (unpaired) electrons. The zero-order chi connectivity index (χ0) is 17.3.